The number of thioether (sulfide) groups is 1. The van der Waals surface area contributed by atoms with Crippen molar-refractivity contribution in [2.24, 2.45) is 0 Å². The lowest BCUT2D eigenvalue weighted by atomic mass is 10.2. The second-order valence-electron chi connectivity index (χ2n) is 5.91. The number of hydrogen-bond acceptors (Lipinski definition) is 5. The van der Waals surface area contributed by atoms with E-state index in [1.807, 2.05) is 31.2 Å². The van der Waals surface area contributed by atoms with Gasteiger partial charge in [0.2, 0.25) is 5.91 Å². The minimum absolute atomic E-state index is 0.0945. The number of para-hydroxylation sites is 3. The van der Waals surface area contributed by atoms with Crippen molar-refractivity contribution in [2.45, 2.75) is 30.8 Å². The Morgan fingerprint density at radius 2 is 1.93 bits per heavy atom. The molecule has 0 fully saturated rings. The molecular formula is C20H21N3O3S. The van der Waals surface area contributed by atoms with Crippen molar-refractivity contribution in [3.05, 3.63) is 58.9 Å². The molecule has 0 aliphatic heterocycles. The molecule has 2 aromatic carbocycles. The van der Waals surface area contributed by atoms with Crippen LogP contribution in [0.15, 0.2) is 58.5 Å². The summed E-state index contributed by atoms with van der Waals surface area (Å²) in [5.74, 6) is 0.409. The van der Waals surface area contributed by atoms with Gasteiger partial charge in [-0.3, -0.25) is 14.2 Å². The van der Waals surface area contributed by atoms with Gasteiger partial charge in [0.15, 0.2) is 5.16 Å². The van der Waals surface area contributed by atoms with Gasteiger partial charge >= 0.3 is 0 Å². The smallest absolute Gasteiger partial charge is 0.262 e. The maximum Gasteiger partial charge on any atom is 0.262 e. The van der Waals surface area contributed by atoms with Crippen LogP contribution >= 0.6 is 11.8 Å². The number of carbonyl (C=O) groups is 1. The number of carbonyl (C=O) groups excluding carboxylic acids is 1. The van der Waals surface area contributed by atoms with E-state index in [0.29, 0.717) is 34.0 Å². The molecule has 0 radical (unpaired) electrons. The molecule has 0 spiro atoms. The molecule has 0 bridgehead atoms. The number of aromatic nitrogens is 2. The Morgan fingerprint density at radius 1 is 1.22 bits per heavy atom. The van der Waals surface area contributed by atoms with E-state index in [2.05, 4.69) is 10.3 Å². The molecular weight excluding hydrogens is 362 g/mol. The number of nitrogens with zero attached hydrogens (tertiary/aromatic N) is 2. The first-order chi connectivity index (χ1) is 13.0. The van der Waals surface area contributed by atoms with Crippen molar-refractivity contribution in [1.82, 2.24) is 9.55 Å². The number of anilines is 1. The summed E-state index contributed by atoms with van der Waals surface area (Å²) in [6.45, 7) is 4.16. The Kier molecular flexibility index (Phi) is 5.81. The largest absolute Gasteiger partial charge is 0.495 e. The van der Waals surface area contributed by atoms with Crippen LogP contribution in [-0.2, 0) is 11.3 Å². The molecule has 1 aromatic heterocycles. The molecule has 0 aliphatic carbocycles. The van der Waals surface area contributed by atoms with E-state index in [-0.39, 0.29) is 11.5 Å². The van der Waals surface area contributed by atoms with Crippen LogP contribution < -0.4 is 15.6 Å². The molecule has 140 valence electrons. The third-order valence-corrected chi connectivity index (χ3v) is 5.25. The first kappa shape index (κ1) is 19.0. The SMILES string of the molecule is CCn1c(S[C@@H](C)C(=O)Nc2ccccc2OC)nc2ccccc2c1=O. The number of ether oxygens (including phenoxy) is 1. The summed E-state index contributed by atoms with van der Waals surface area (Å²) in [7, 11) is 1.56. The molecule has 3 rings (SSSR count). The molecule has 1 heterocycles. The van der Waals surface area contributed by atoms with Gasteiger partial charge < -0.3 is 10.1 Å². The standard InChI is InChI=1S/C20H21N3O3S/c1-4-23-19(25)14-9-5-6-10-15(14)22-20(23)27-13(2)18(24)21-16-11-7-8-12-17(16)26-3/h5-13H,4H2,1-3H3,(H,21,24)/t13-/m0/s1. The van der Waals surface area contributed by atoms with Gasteiger partial charge in [0.25, 0.3) is 5.56 Å². The van der Waals surface area contributed by atoms with Crippen LogP contribution in [0.1, 0.15) is 13.8 Å². The van der Waals surface area contributed by atoms with Crippen LogP contribution in [-0.4, -0.2) is 27.8 Å². The number of fused-ring (bicyclic) bond motifs is 1. The van der Waals surface area contributed by atoms with Gasteiger partial charge in [-0.15, -0.1) is 0 Å². The first-order valence-electron chi connectivity index (χ1n) is 8.65. The first-order valence-corrected chi connectivity index (χ1v) is 9.53. The lowest BCUT2D eigenvalue weighted by Crippen LogP contribution is -2.26. The Morgan fingerprint density at radius 3 is 2.67 bits per heavy atom. The fourth-order valence-electron chi connectivity index (χ4n) is 2.71. The molecule has 3 aromatic rings. The van der Waals surface area contributed by atoms with Crippen LogP contribution in [0.3, 0.4) is 0 Å². The highest BCUT2D eigenvalue weighted by Gasteiger charge is 2.20. The van der Waals surface area contributed by atoms with Crippen molar-refractivity contribution in [3.8, 4) is 5.75 Å². The molecule has 0 unspecified atom stereocenters. The van der Waals surface area contributed by atoms with Crippen LogP contribution in [0.25, 0.3) is 10.9 Å². The third-order valence-electron chi connectivity index (χ3n) is 4.16. The normalized spacial score (nSPS) is 12.0. The molecule has 27 heavy (non-hydrogen) atoms. The topological polar surface area (TPSA) is 73.2 Å². The average molecular weight is 383 g/mol. The van der Waals surface area contributed by atoms with Gasteiger partial charge in [-0.25, -0.2) is 4.98 Å². The predicted molar refractivity (Wildman–Crippen MR) is 109 cm³/mol. The van der Waals surface area contributed by atoms with Crippen molar-refractivity contribution in [2.75, 3.05) is 12.4 Å². The number of benzene rings is 2. The molecule has 1 N–H and O–H groups in total. The van der Waals surface area contributed by atoms with E-state index >= 15 is 0 Å². The quantitative estimate of drug-likeness (QED) is 0.521. The van der Waals surface area contributed by atoms with Crippen LogP contribution in [0, 0.1) is 0 Å². The van der Waals surface area contributed by atoms with Crippen molar-refractivity contribution >= 4 is 34.3 Å². The Bertz CT molecular complexity index is 1030. The van der Waals surface area contributed by atoms with Crippen LogP contribution in [0.2, 0.25) is 0 Å². The van der Waals surface area contributed by atoms with Gasteiger partial charge in [0.05, 0.1) is 29.0 Å². The Balaban J connectivity index is 1.86. The van der Waals surface area contributed by atoms with Crippen LogP contribution in [0.4, 0.5) is 5.69 Å². The highest BCUT2D eigenvalue weighted by molar-refractivity contribution is 8.00. The lowest BCUT2D eigenvalue weighted by Gasteiger charge is -2.16. The predicted octanol–water partition coefficient (Wildman–Crippen LogP) is 3.54. The summed E-state index contributed by atoms with van der Waals surface area (Å²) < 4.78 is 6.86. The van der Waals surface area contributed by atoms with Gasteiger partial charge in [-0.1, -0.05) is 36.0 Å². The highest BCUT2D eigenvalue weighted by atomic mass is 32.2. The van der Waals surface area contributed by atoms with Gasteiger partial charge in [-0.05, 0) is 38.1 Å². The summed E-state index contributed by atoms with van der Waals surface area (Å²) in [4.78, 5) is 29.9. The number of nitrogens with one attached hydrogen (secondary N) is 1. The Hall–Kier alpha value is -2.80. The van der Waals surface area contributed by atoms with Gasteiger partial charge in [-0.2, -0.15) is 0 Å². The lowest BCUT2D eigenvalue weighted by molar-refractivity contribution is -0.115. The molecule has 7 heteroatoms. The summed E-state index contributed by atoms with van der Waals surface area (Å²) >= 11 is 1.26. The molecule has 0 saturated heterocycles. The van der Waals surface area contributed by atoms with Crippen molar-refractivity contribution < 1.29 is 9.53 Å². The second-order valence-corrected chi connectivity index (χ2v) is 7.22. The van der Waals surface area contributed by atoms with Gasteiger partial charge in [0.1, 0.15) is 5.75 Å². The summed E-state index contributed by atoms with van der Waals surface area (Å²) in [5, 5.41) is 3.54. The summed E-state index contributed by atoms with van der Waals surface area (Å²) in [6, 6.07) is 14.5. The number of amides is 1. The van der Waals surface area contributed by atoms with Gasteiger partial charge in [0, 0.05) is 6.54 Å². The molecule has 1 amide bonds. The molecule has 0 saturated carbocycles. The fourth-order valence-corrected chi connectivity index (χ4v) is 3.68. The minimum atomic E-state index is -0.444. The second kappa shape index (κ2) is 8.26. The molecule has 6 nitrogen and oxygen atoms in total. The van der Waals surface area contributed by atoms with E-state index in [9.17, 15) is 9.59 Å². The molecule has 1 atom stereocenters. The maximum absolute atomic E-state index is 12.7. The number of rotatable bonds is 6. The monoisotopic (exact) mass is 383 g/mol. The van der Waals surface area contributed by atoms with E-state index in [4.69, 9.17) is 4.74 Å². The van der Waals surface area contributed by atoms with Crippen molar-refractivity contribution in [3.63, 3.8) is 0 Å². The highest BCUT2D eigenvalue weighted by Crippen LogP contribution is 2.26. The minimum Gasteiger partial charge on any atom is -0.495 e. The van der Waals surface area contributed by atoms with Crippen molar-refractivity contribution in [1.29, 1.82) is 0 Å². The Labute approximate surface area is 161 Å². The number of hydrogen-bond donors (Lipinski definition) is 1. The fraction of sp³-hybridized carbons (Fsp3) is 0.250. The van der Waals surface area contributed by atoms with Crippen LogP contribution in [0.5, 0.6) is 5.75 Å². The summed E-state index contributed by atoms with van der Waals surface area (Å²) in [5.41, 5.74) is 1.15. The van der Waals surface area contributed by atoms with E-state index in [0.717, 1.165) is 0 Å². The molecule has 0 aliphatic rings. The summed E-state index contributed by atoms with van der Waals surface area (Å²) in [6.07, 6.45) is 0. The zero-order chi connectivity index (χ0) is 19.4. The van der Waals surface area contributed by atoms with E-state index in [1.54, 1.807) is 42.9 Å². The zero-order valence-corrected chi connectivity index (χ0v) is 16.2. The number of methoxy groups -OCH3 is 1. The third kappa shape index (κ3) is 3.98. The maximum atomic E-state index is 12.7. The average Bonchev–Trinajstić information content (AvgIpc) is 2.68. The zero-order valence-electron chi connectivity index (χ0n) is 15.4. The van der Waals surface area contributed by atoms with E-state index in [1.165, 1.54) is 11.8 Å². The van der Waals surface area contributed by atoms with E-state index < -0.39 is 5.25 Å².